The second kappa shape index (κ2) is 8.59. The van der Waals surface area contributed by atoms with E-state index in [2.05, 4.69) is 10.3 Å². The second-order valence-corrected chi connectivity index (χ2v) is 12.6. The van der Waals surface area contributed by atoms with Gasteiger partial charge in [-0.1, -0.05) is 17.4 Å². The van der Waals surface area contributed by atoms with Crippen LogP contribution in [0.25, 0.3) is 0 Å². The van der Waals surface area contributed by atoms with Gasteiger partial charge in [0.25, 0.3) is 0 Å². The zero-order valence-corrected chi connectivity index (χ0v) is 21.6. The predicted octanol–water partition coefficient (Wildman–Crippen LogP) is 4.16. The maximum atomic E-state index is 13.6. The molecule has 2 saturated carbocycles. The average Bonchev–Trinajstić information content (AvgIpc) is 3.69. The molecule has 8 nitrogen and oxygen atoms in total. The number of carbonyl (C=O) groups is 3. The van der Waals surface area contributed by atoms with Gasteiger partial charge in [0, 0.05) is 10.9 Å². The number of H-pyrrole nitrogens is 1. The highest BCUT2D eigenvalue weighted by atomic mass is 32.2. The molecule has 3 fully saturated rings. The number of aromatic amines is 1. The van der Waals surface area contributed by atoms with Crippen molar-refractivity contribution in [3.05, 3.63) is 68.5 Å². The highest BCUT2D eigenvalue weighted by Gasteiger charge is 2.69. The van der Waals surface area contributed by atoms with Gasteiger partial charge < -0.3 is 14.7 Å². The Balaban J connectivity index is 1.14. The van der Waals surface area contributed by atoms with Gasteiger partial charge in [-0.2, -0.15) is 13.2 Å². The molecular formula is C26H20F3N3O5S2. The normalized spacial score (nSPS) is 30.8. The van der Waals surface area contributed by atoms with Gasteiger partial charge in [-0.25, -0.2) is 0 Å². The number of benzene rings is 1. The fourth-order valence-electron chi connectivity index (χ4n) is 7.14. The third-order valence-corrected chi connectivity index (χ3v) is 11.0. The lowest BCUT2D eigenvalue weighted by Crippen LogP contribution is -2.42. The van der Waals surface area contributed by atoms with Crippen molar-refractivity contribution >= 4 is 46.5 Å². The number of thiazole rings is 1. The number of fused-ring (bicyclic) bond motifs is 9. The van der Waals surface area contributed by atoms with Crippen molar-refractivity contribution in [2.24, 2.45) is 29.6 Å². The number of furan rings is 1. The minimum atomic E-state index is -4.57. The summed E-state index contributed by atoms with van der Waals surface area (Å²) in [6, 6.07) is 7.83. The van der Waals surface area contributed by atoms with Gasteiger partial charge in [0.15, 0.2) is 0 Å². The Morgan fingerprint density at radius 2 is 1.87 bits per heavy atom. The van der Waals surface area contributed by atoms with Crippen molar-refractivity contribution in [3.63, 3.8) is 0 Å². The predicted molar refractivity (Wildman–Crippen MR) is 134 cm³/mol. The lowest BCUT2D eigenvalue weighted by atomic mass is 9.69. The smallest absolute Gasteiger partial charge is 0.416 e. The van der Waals surface area contributed by atoms with E-state index in [1.165, 1.54) is 12.1 Å². The van der Waals surface area contributed by atoms with E-state index in [0.717, 1.165) is 38.3 Å². The summed E-state index contributed by atoms with van der Waals surface area (Å²) in [7, 11) is 0. The van der Waals surface area contributed by atoms with E-state index in [1.807, 2.05) is 6.07 Å². The molecule has 1 aromatic carbocycles. The number of alkyl halides is 3. The van der Waals surface area contributed by atoms with Crippen LogP contribution in [0.15, 0.2) is 56.9 Å². The number of halogens is 3. The molecule has 39 heavy (non-hydrogen) atoms. The largest absolute Gasteiger partial charge is 0.469 e. The molecule has 1 saturated heterocycles. The number of nitrogens with one attached hydrogen (secondary N) is 2. The van der Waals surface area contributed by atoms with Crippen LogP contribution in [-0.4, -0.2) is 39.4 Å². The standard InChI is InChI=1S/C26H20F3N3O5S2/c27-26(28,29)10-3-1-4-11(7-10)30-15(33)9-32-23(34)17-12-8-13(18(17)24(32)35)20-16(12)19(14-5-2-6-37-14)21-22(38-20)31-25(36)39-21/h1-7,12-13,16-20H,8-9H2,(H,30,33)(H,31,36)/t12-,13-,16-,17-,18-,19+,20+/m0/s1. The minimum Gasteiger partial charge on any atom is -0.469 e. The highest BCUT2D eigenvalue weighted by molar-refractivity contribution is 8.00. The molecule has 0 spiro atoms. The lowest BCUT2D eigenvalue weighted by molar-refractivity contribution is -0.143. The van der Waals surface area contributed by atoms with Crippen molar-refractivity contribution in [2.45, 2.75) is 28.8 Å². The fraction of sp³-hybridized carbons (Fsp3) is 0.385. The molecule has 0 radical (unpaired) electrons. The van der Waals surface area contributed by atoms with Crippen LogP contribution in [-0.2, 0) is 20.6 Å². The van der Waals surface area contributed by atoms with E-state index in [4.69, 9.17) is 4.42 Å². The third-order valence-electron chi connectivity index (χ3n) is 8.44. The van der Waals surface area contributed by atoms with Crippen molar-refractivity contribution in [1.82, 2.24) is 9.88 Å². The quantitative estimate of drug-likeness (QED) is 0.452. The Hall–Kier alpha value is -3.32. The summed E-state index contributed by atoms with van der Waals surface area (Å²) in [5.41, 5.74) is -0.987. The van der Waals surface area contributed by atoms with E-state index in [1.54, 1.807) is 24.1 Å². The van der Waals surface area contributed by atoms with Crippen LogP contribution in [0.2, 0.25) is 0 Å². The molecule has 13 heteroatoms. The van der Waals surface area contributed by atoms with Gasteiger partial charge in [-0.15, -0.1) is 11.8 Å². The number of anilines is 1. The highest BCUT2D eigenvalue weighted by Crippen LogP contribution is 2.68. The molecule has 3 aromatic rings. The van der Waals surface area contributed by atoms with Gasteiger partial charge in [0.05, 0.1) is 39.5 Å². The van der Waals surface area contributed by atoms with Crippen LogP contribution in [0.3, 0.4) is 0 Å². The summed E-state index contributed by atoms with van der Waals surface area (Å²) in [5, 5.41) is 3.14. The summed E-state index contributed by atoms with van der Waals surface area (Å²) < 4.78 is 44.9. The van der Waals surface area contributed by atoms with Gasteiger partial charge in [0.2, 0.25) is 17.7 Å². The number of carbonyl (C=O) groups excluding carboxylic acids is 3. The lowest BCUT2D eigenvalue weighted by Gasteiger charge is -2.42. The first-order valence-electron chi connectivity index (χ1n) is 12.4. The first-order valence-corrected chi connectivity index (χ1v) is 14.1. The third kappa shape index (κ3) is 3.73. The monoisotopic (exact) mass is 575 g/mol. The first-order chi connectivity index (χ1) is 18.6. The van der Waals surface area contributed by atoms with Gasteiger partial charge in [-0.05, 0) is 54.5 Å². The van der Waals surface area contributed by atoms with Crippen molar-refractivity contribution in [2.75, 3.05) is 11.9 Å². The zero-order valence-electron chi connectivity index (χ0n) is 19.9. The number of nitrogens with zero attached hydrogens (tertiary/aromatic N) is 1. The summed E-state index contributed by atoms with van der Waals surface area (Å²) in [6.07, 6.45) is -2.31. The Bertz CT molecular complexity index is 1560. The molecule has 2 aromatic heterocycles. The van der Waals surface area contributed by atoms with E-state index in [9.17, 15) is 32.3 Å². The molecule has 4 heterocycles. The summed E-state index contributed by atoms with van der Waals surface area (Å²) in [5.74, 6) is -2.53. The summed E-state index contributed by atoms with van der Waals surface area (Å²) >= 11 is 2.68. The van der Waals surface area contributed by atoms with Crippen LogP contribution in [0.1, 0.15) is 28.5 Å². The Morgan fingerprint density at radius 3 is 2.59 bits per heavy atom. The Kier molecular flexibility index (Phi) is 5.44. The molecule has 2 bridgehead atoms. The van der Waals surface area contributed by atoms with E-state index >= 15 is 0 Å². The summed E-state index contributed by atoms with van der Waals surface area (Å²) in [6.45, 7) is -0.564. The molecule has 3 amide bonds. The number of hydrogen-bond acceptors (Lipinski definition) is 7. The van der Waals surface area contributed by atoms with Gasteiger partial charge in [-0.3, -0.25) is 24.1 Å². The van der Waals surface area contributed by atoms with E-state index < -0.39 is 47.8 Å². The number of hydrogen-bond donors (Lipinski definition) is 2. The topological polar surface area (TPSA) is 112 Å². The zero-order chi connectivity index (χ0) is 27.2. The van der Waals surface area contributed by atoms with Crippen molar-refractivity contribution in [1.29, 1.82) is 0 Å². The first kappa shape index (κ1) is 24.7. The maximum Gasteiger partial charge on any atom is 0.416 e. The minimum absolute atomic E-state index is 0.0141. The molecule has 2 aliphatic heterocycles. The van der Waals surface area contributed by atoms with Crippen molar-refractivity contribution < 1.29 is 32.0 Å². The number of amides is 3. The number of imide groups is 1. The van der Waals surface area contributed by atoms with E-state index in [-0.39, 0.29) is 39.5 Å². The molecule has 7 rings (SSSR count). The number of thioether (sulfide) groups is 1. The fourth-order valence-corrected chi connectivity index (χ4v) is 10.0. The van der Waals surface area contributed by atoms with Crippen molar-refractivity contribution in [3.8, 4) is 0 Å². The molecule has 0 unspecified atom stereocenters. The Morgan fingerprint density at radius 1 is 1.10 bits per heavy atom. The average molecular weight is 576 g/mol. The summed E-state index contributed by atoms with van der Waals surface area (Å²) in [4.78, 5) is 56.6. The molecule has 2 N–H and O–H groups in total. The molecular weight excluding hydrogens is 555 g/mol. The maximum absolute atomic E-state index is 13.6. The number of likely N-dealkylation sites (tertiary alicyclic amines) is 1. The molecule has 2 aliphatic carbocycles. The Labute approximate surface area is 226 Å². The van der Waals surface area contributed by atoms with Crippen LogP contribution >= 0.6 is 23.1 Å². The van der Waals surface area contributed by atoms with Crippen LogP contribution in [0.5, 0.6) is 0 Å². The molecule has 7 atom stereocenters. The van der Waals surface area contributed by atoms with Gasteiger partial charge in [0.1, 0.15) is 12.3 Å². The SMILES string of the molecule is O=C(CN1C(=O)[C@H]2[C@@H]3C[C@H]([C@@H]2C1=O)[C@H]1[C@@H](c2ccco2)c2sc(=O)[nH]c2S[C@H]31)Nc1cccc(C(F)(F)F)c1. The number of rotatable bonds is 4. The molecule has 202 valence electrons. The second-order valence-electron chi connectivity index (χ2n) is 10.4. The van der Waals surface area contributed by atoms with Crippen LogP contribution in [0, 0.1) is 29.6 Å². The van der Waals surface area contributed by atoms with Crippen LogP contribution in [0.4, 0.5) is 18.9 Å². The molecule has 4 aliphatic rings. The van der Waals surface area contributed by atoms with E-state index in [0.29, 0.717) is 12.2 Å². The number of aromatic nitrogens is 1. The van der Waals surface area contributed by atoms with Gasteiger partial charge >= 0.3 is 11.0 Å². The van der Waals surface area contributed by atoms with Crippen LogP contribution < -0.4 is 10.2 Å².